The van der Waals surface area contributed by atoms with Crippen molar-refractivity contribution < 1.29 is 9.90 Å². The quantitative estimate of drug-likeness (QED) is 0.720. The summed E-state index contributed by atoms with van der Waals surface area (Å²) in [7, 11) is 0. The first kappa shape index (κ1) is 14.6. The molecule has 0 heterocycles. The van der Waals surface area contributed by atoms with Gasteiger partial charge in [0, 0.05) is 12.2 Å². The van der Waals surface area contributed by atoms with Crippen LogP contribution in [-0.2, 0) is 0 Å². The number of hydrogen-bond donors (Lipinski definition) is 2. The number of unbranched alkanes of at least 4 members (excludes halogenated alkanes) is 1. The molecular weight excluding hydrogens is 226 g/mol. The van der Waals surface area contributed by atoms with Crippen molar-refractivity contribution >= 4 is 11.7 Å². The van der Waals surface area contributed by atoms with Gasteiger partial charge in [0.05, 0.1) is 5.56 Å². The molecule has 0 radical (unpaired) electrons. The van der Waals surface area contributed by atoms with Gasteiger partial charge in [-0.3, -0.25) is 0 Å². The number of benzene rings is 1. The second-order valence-corrected chi connectivity index (χ2v) is 5.17. The minimum absolute atomic E-state index is 0.360. The van der Waals surface area contributed by atoms with E-state index >= 15 is 0 Å². The van der Waals surface area contributed by atoms with Crippen LogP contribution in [0, 0.1) is 12.8 Å². The minimum Gasteiger partial charge on any atom is -0.478 e. The van der Waals surface area contributed by atoms with E-state index in [0.29, 0.717) is 5.56 Å². The summed E-state index contributed by atoms with van der Waals surface area (Å²) in [4.78, 5) is 11.1. The molecule has 18 heavy (non-hydrogen) atoms. The SMILES string of the molecule is Cc1ccc(NCCCCC(C)C)c(C(=O)O)c1. The highest BCUT2D eigenvalue weighted by molar-refractivity contribution is 5.94. The molecule has 3 nitrogen and oxygen atoms in total. The molecule has 1 rings (SSSR count). The summed E-state index contributed by atoms with van der Waals surface area (Å²) < 4.78 is 0. The second kappa shape index (κ2) is 7.04. The Labute approximate surface area is 109 Å². The molecule has 2 N–H and O–H groups in total. The van der Waals surface area contributed by atoms with Crippen molar-refractivity contribution in [1.29, 1.82) is 0 Å². The molecule has 0 aliphatic carbocycles. The molecule has 0 unspecified atom stereocenters. The van der Waals surface area contributed by atoms with Crippen molar-refractivity contribution in [2.75, 3.05) is 11.9 Å². The Balaban J connectivity index is 2.49. The Morgan fingerprint density at radius 1 is 1.33 bits per heavy atom. The molecule has 0 saturated carbocycles. The molecule has 0 spiro atoms. The van der Waals surface area contributed by atoms with Crippen LogP contribution in [0.1, 0.15) is 49.0 Å². The summed E-state index contributed by atoms with van der Waals surface area (Å²) in [6, 6.07) is 5.49. The van der Waals surface area contributed by atoms with Gasteiger partial charge in [0.15, 0.2) is 0 Å². The van der Waals surface area contributed by atoms with Gasteiger partial charge >= 0.3 is 5.97 Å². The molecule has 100 valence electrons. The van der Waals surface area contributed by atoms with Crippen LogP contribution in [0.4, 0.5) is 5.69 Å². The zero-order valence-electron chi connectivity index (χ0n) is 11.5. The number of nitrogens with one attached hydrogen (secondary N) is 1. The fraction of sp³-hybridized carbons (Fsp3) is 0.533. The molecule has 1 aromatic carbocycles. The van der Waals surface area contributed by atoms with Crippen LogP contribution in [0.2, 0.25) is 0 Å². The van der Waals surface area contributed by atoms with E-state index in [0.717, 1.165) is 30.1 Å². The van der Waals surface area contributed by atoms with Crippen molar-refractivity contribution in [3.8, 4) is 0 Å². The summed E-state index contributed by atoms with van der Waals surface area (Å²) in [5.41, 5.74) is 2.05. The van der Waals surface area contributed by atoms with Crippen molar-refractivity contribution in [2.45, 2.75) is 40.0 Å². The lowest BCUT2D eigenvalue weighted by Crippen LogP contribution is -2.08. The molecule has 0 aliphatic rings. The van der Waals surface area contributed by atoms with Crippen LogP contribution in [-0.4, -0.2) is 17.6 Å². The Kier molecular flexibility index (Phi) is 5.69. The van der Waals surface area contributed by atoms with Gasteiger partial charge in [-0.15, -0.1) is 0 Å². The fourth-order valence-corrected chi connectivity index (χ4v) is 1.89. The first-order valence-electron chi connectivity index (χ1n) is 6.58. The van der Waals surface area contributed by atoms with Crippen LogP contribution in [0.15, 0.2) is 18.2 Å². The minimum atomic E-state index is -0.872. The predicted octanol–water partition coefficient (Wildman–Crippen LogP) is 3.93. The lowest BCUT2D eigenvalue weighted by Gasteiger charge is -2.10. The summed E-state index contributed by atoms with van der Waals surface area (Å²) >= 11 is 0. The van der Waals surface area contributed by atoms with E-state index in [1.165, 1.54) is 12.8 Å². The fourth-order valence-electron chi connectivity index (χ4n) is 1.89. The highest BCUT2D eigenvalue weighted by atomic mass is 16.4. The van der Waals surface area contributed by atoms with Crippen LogP contribution in [0.25, 0.3) is 0 Å². The average Bonchev–Trinajstić information content (AvgIpc) is 2.29. The normalized spacial score (nSPS) is 10.7. The molecule has 0 fully saturated rings. The predicted molar refractivity (Wildman–Crippen MR) is 75.3 cm³/mol. The number of rotatable bonds is 7. The first-order valence-corrected chi connectivity index (χ1v) is 6.58. The molecular formula is C15H23NO2. The Morgan fingerprint density at radius 2 is 2.06 bits per heavy atom. The number of hydrogen-bond acceptors (Lipinski definition) is 2. The molecule has 0 saturated heterocycles. The van der Waals surface area contributed by atoms with Crippen LogP contribution >= 0.6 is 0 Å². The molecule has 0 amide bonds. The molecule has 0 aliphatic heterocycles. The third-order valence-electron chi connectivity index (χ3n) is 2.93. The molecule has 0 atom stereocenters. The van der Waals surface area contributed by atoms with Gasteiger partial charge in [0.1, 0.15) is 0 Å². The topological polar surface area (TPSA) is 49.3 Å². The molecule has 0 bridgehead atoms. The third-order valence-corrected chi connectivity index (χ3v) is 2.93. The van der Waals surface area contributed by atoms with Crippen molar-refractivity contribution in [3.63, 3.8) is 0 Å². The Morgan fingerprint density at radius 3 is 2.67 bits per heavy atom. The number of aromatic carboxylic acids is 1. The van der Waals surface area contributed by atoms with Gasteiger partial charge in [-0.25, -0.2) is 4.79 Å². The van der Waals surface area contributed by atoms with Gasteiger partial charge in [0.25, 0.3) is 0 Å². The van der Waals surface area contributed by atoms with Crippen LogP contribution < -0.4 is 5.32 Å². The molecule has 0 aromatic heterocycles. The summed E-state index contributed by atoms with van der Waals surface area (Å²) in [5, 5.41) is 12.3. The van der Waals surface area contributed by atoms with Gasteiger partial charge in [-0.2, -0.15) is 0 Å². The lowest BCUT2D eigenvalue weighted by molar-refractivity contribution is 0.0698. The molecule has 1 aromatic rings. The number of carboxylic acid groups (broad SMARTS) is 1. The largest absolute Gasteiger partial charge is 0.478 e. The number of carboxylic acids is 1. The Hall–Kier alpha value is -1.51. The van der Waals surface area contributed by atoms with Crippen molar-refractivity contribution in [2.24, 2.45) is 5.92 Å². The number of aryl methyl sites for hydroxylation is 1. The maximum absolute atomic E-state index is 11.1. The van der Waals surface area contributed by atoms with E-state index in [1.807, 2.05) is 19.1 Å². The van der Waals surface area contributed by atoms with Crippen LogP contribution in [0.5, 0.6) is 0 Å². The zero-order chi connectivity index (χ0) is 13.5. The van der Waals surface area contributed by atoms with Gasteiger partial charge < -0.3 is 10.4 Å². The standard InChI is InChI=1S/C15H23NO2/c1-11(2)6-4-5-9-16-14-8-7-12(3)10-13(14)15(17)18/h7-8,10-11,16H,4-6,9H2,1-3H3,(H,17,18). The van der Waals surface area contributed by atoms with E-state index in [-0.39, 0.29) is 0 Å². The van der Waals surface area contributed by atoms with E-state index in [4.69, 9.17) is 5.11 Å². The monoisotopic (exact) mass is 249 g/mol. The highest BCUT2D eigenvalue weighted by Crippen LogP contribution is 2.17. The highest BCUT2D eigenvalue weighted by Gasteiger charge is 2.09. The zero-order valence-corrected chi connectivity index (χ0v) is 11.5. The van der Waals surface area contributed by atoms with Gasteiger partial charge in [-0.1, -0.05) is 38.3 Å². The van der Waals surface area contributed by atoms with Crippen LogP contribution in [0.3, 0.4) is 0 Å². The lowest BCUT2D eigenvalue weighted by atomic mass is 10.1. The van der Waals surface area contributed by atoms with Gasteiger partial charge in [0.2, 0.25) is 0 Å². The maximum atomic E-state index is 11.1. The third kappa shape index (κ3) is 4.78. The smallest absolute Gasteiger partial charge is 0.337 e. The van der Waals surface area contributed by atoms with E-state index in [1.54, 1.807) is 6.07 Å². The van der Waals surface area contributed by atoms with E-state index in [2.05, 4.69) is 19.2 Å². The van der Waals surface area contributed by atoms with Crippen molar-refractivity contribution in [1.82, 2.24) is 0 Å². The summed E-state index contributed by atoms with van der Waals surface area (Å²) in [5.74, 6) is -0.137. The second-order valence-electron chi connectivity index (χ2n) is 5.17. The summed E-state index contributed by atoms with van der Waals surface area (Å²) in [6.07, 6.45) is 3.48. The van der Waals surface area contributed by atoms with E-state index in [9.17, 15) is 4.79 Å². The first-order chi connectivity index (χ1) is 8.50. The average molecular weight is 249 g/mol. The Bertz CT molecular complexity index is 399. The number of carbonyl (C=O) groups is 1. The van der Waals surface area contributed by atoms with Gasteiger partial charge in [-0.05, 0) is 31.4 Å². The maximum Gasteiger partial charge on any atom is 0.337 e. The van der Waals surface area contributed by atoms with Crippen molar-refractivity contribution in [3.05, 3.63) is 29.3 Å². The van der Waals surface area contributed by atoms with E-state index < -0.39 is 5.97 Å². The summed E-state index contributed by atoms with van der Waals surface area (Å²) in [6.45, 7) is 7.17. The number of anilines is 1. The molecule has 3 heteroatoms.